The standard InChI is InChI=1S/C14H27Cl3Si/c1-5-10(3)12-8-7-9-13(11(4)6-2)14(12)18(15,16)17/h10-14H,5-9H2,1-4H3. The minimum absolute atomic E-state index is 0.362. The van der Waals surface area contributed by atoms with E-state index in [-0.39, 0.29) is 0 Å². The molecule has 0 saturated heterocycles. The highest BCUT2D eigenvalue weighted by Gasteiger charge is 2.50. The molecule has 0 N–H and O–H groups in total. The zero-order valence-electron chi connectivity index (χ0n) is 12.1. The fourth-order valence-electron chi connectivity index (χ4n) is 3.63. The summed E-state index contributed by atoms with van der Waals surface area (Å²) in [5.74, 6) is 2.62. The van der Waals surface area contributed by atoms with Crippen molar-refractivity contribution in [3.8, 4) is 0 Å². The SMILES string of the molecule is CCC(C)C1CCCC(C(C)CC)C1[Si](Cl)(Cl)Cl. The van der Waals surface area contributed by atoms with Crippen molar-refractivity contribution in [2.75, 3.05) is 0 Å². The summed E-state index contributed by atoms with van der Waals surface area (Å²) in [6.45, 7) is 9.19. The van der Waals surface area contributed by atoms with Crippen molar-refractivity contribution in [2.24, 2.45) is 23.7 Å². The Morgan fingerprint density at radius 2 is 1.33 bits per heavy atom. The van der Waals surface area contributed by atoms with Crippen LogP contribution in [0, 0.1) is 23.7 Å². The zero-order chi connectivity index (χ0) is 13.9. The molecule has 0 bridgehead atoms. The van der Waals surface area contributed by atoms with Crippen molar-refractivity contribution >= 4 is 39.2 Å². The third-order valence-corrected chi connectivity index (χ3v) is 9.01. The lowest BCUT2D eigenvalue weighted by Crippen LogP contribution is -2.40. The summed E-state index contributed by atoms with van der Waals surface area (Å²) in [7, 11) is 0. The molecule has 1 saturated carbocycles. The Morgan fingerprint density at radius 3 is 1.61 bits per heavy atom. The lowest BCUT2D eigenvalue weighted by Gasteiger charge is -2.45. The molecule has 0 aromatic heterocycles. The van der Waals surface area contributed by atoms with Crippen LogP contribution in [-0.2, 0) is 0 Å². The molecule has 108 valence electrons. The van der Waals surface area contributed by atoms with E-state index >= 15 is 0 Å². The van der Waals surface area contributed by atoms with Gasteiger partial charge < -0.3 is 0 Å². The van der Waals surface area contributed by atoms with Crippen molar-refractivity contribution in [1.29, 1.82) is 0 Å². The average Bonchev–Trinajstić information content (AvgIpc) is 2.34. The second-order valence-corrected chi connectivity index (χ2v) is 15.0. The lowest BCUT2D eigenvalue weighted by molar-refractivity contribution is 0.158. The first-order valence-corrected chi connectivity index (χ1v) is 12.5. The first kappa shape index (κ1) is 17.1. The van der Waals surface area contributed by atoms with Gasteiger partial charge >= 0.3 is 6.00 Å². The number of hydrogen-bond acceptors (Lipinski definition) is 0. The molecule has 1 fully saturated rings. The molecule has 0 nitrogen and oxygen atoms in total. The molecule has 0 heterocycles. The minimum Gasteiger partial charge on any atom is -0.126 e. The molecular formula is C14H27Cl3Si. The molecule has 1 aliphatic carbocycles. The third kappa shape index (κ3) is 4.04. The summed E-state index contributed by atoms with van der Waals surface area (Å²) in [6.07, 6.45) is 6.23. The van der Waals surface area contributed by atoms with E-state index in [0.717, 1.165) is 0 Å². The van der Waals surface area contributed by atoms with Crippen LogP contribution in [0.1, 0.15) is 59.8 Å². The molecule has 4 atom stereocenters. The fraction of sp³-hybridized carbons (Fsp3) is 1.00. The fourth-order valence-corrected chi connectivity index (χ4v) is 8.51. The van der Waals surface area contributed by atoms with Crippen LogP contribution in [0.2, 0.25) is 5.54 Å². The highest BCUT2D eigenvalue weighted by atomic mass is 35.8. The van der Waals surface area contributed by atoms with E-state index in [1.54, 1.807) is 0 Å². The van der Waals surface area contributed by atoms with E-state index in [4.69, 9.17) is 33.2 Å². The van der Waals surface area contributed by atoms with Crippen LogP contribution >= 0.6 is 33.2 Å². The van der Waals surface area contributed by atoms with E-state index in [1.807, 2.05) is 0 Å². The van der Waals surface area contributed by atoms with Crippen LogP contribution in [0.5, 0.6) is 0 Å². The van der Waals surface area contributed by atoms with Crippen molar-refractivity contribution < 1.29 is 0 Å². The van der Waals surface area contributed by atoms with E-state index in [0.29, 0.717) is 29.2 Å². The van der Waals surface area contributed by atoms with Crippen LogP contribution in [0.4, 0.5) is 0 Å². The summed E-state index contributed by atoms with van der Waals surface area (Å²) < 4.78 is 0. The average molecular weight is 330 g/mol. The molecule has 0 aromatic carbocycles. The van der Waals surface area contributed by atoms with E-state index in [1.165, 1.54) is 32.1 Å². The lowest BCUT2D eigenvalue weighted by atomic mass is 9.70. The van der Waals surface area contributed by atoms with Gasteiger partial charge in [0.15, 0.2) is 0 Å². The Hall–Kier alpha value is 1.09. The van der Waals surface area contributed by atoms with Crippen LogP contribution < -0.4 is 0 Å². The van der Waals surface area contributed by atoms with Gasteiger partial charge in [-0.05, 0) is 23.7 Å². The van der Waals surface area contributed by atoms with Gasteiger partial charge in [-0.1, -0.05) is 59.8 Å². The van der Waals surface area contributed by atoms with Crippen LogP contribution in [0.25, 0.3) is 0 Å². The molecule has 18 heavy (non-hydrogen) atoms. The van der Waals surface area contributed by atoms with Crippen molar-refractivity contribution in [2.45, 2.75) is 65.3 Å². The van der Waals surface area contributed by atoms with Gasteiger partial charge in [0.25, 0.3) is 0 Å². The second-order valence-electron chi connectivity index (χ2n) is 6.10. The molecule has 4 unspecified atom stereocenters. The Morgan fingerprint density at radius 1 is 0.944 bits per heavy atom. The summed E-state index contributed by atoms with van der Waals surface area (Å²) >= 11 is 19.4. The summed E-state index contributed by atoms with van der Waals surface area (Å²) in [4.78, 5) is 0. The quantitative estimate of drug-likeness (QED) is 0.398. The predicted molar refractivity (Wildman–Crippen MR) is 86.8 cm³/mol. The highest BCUT2D eigenvalue weighted by Crippen LogP contribution is 2.55. The van der Waals surface area contributed by atoms with Gasteiger partial charge in [-0.25, -0.2) is 0 Å². The minimum atomic E-state index is -2.62. The number of rotatable bonds is 5. The van der Waals surface area contributed by atoms with Gasteiger partial charge in [-0.2, -0.15) is 0 Å². The first-order chi connectivity index (χ1) is 8.32. The Kier molecular flexibility index (Phi) is 6.85. The highest BCUT2D eigenvalue weighted by molar-refractivity contribution is 7.65. The summed E-state index contributed by atoms with van der Waals surface area (Å²) in [5.41, 5.74) is 0.362. The zero-order valence-corrected chi connectivity index (χ0v) is 15.3. The smallest absolute Gasteiger partial charge is 0.126 e. The maximum Gasteiger partial charge on any atom is 0.344 e. The van der Waals surface area contributed by atoms with Crippen molar-refractivity contribution in [1.82, 2.24) is 0 Å². The molecule has 0 aliphatic heterocycles. The monoisotopic (exact) mass is 328 g/mol. The molecule has 0 aromatic rings. The number of halogens is 3. The van der Waals surface area contributed by atoms with Gasteiger partial charge in [0.05, 0.1) is 0 Å². The molecule has 4 heteroatoms. The largest absolute Gasteiger partial charge is 0.344 e. The first-order valence-electron chi connectivity index (χ1n) is 7.39. The molecule has 1 aliphatic rings. The Balaban J connectivity index is 2.97. The van der Waals surface area contributed by atoms with Gasteiger partial charge in [0, 0.05) is 5.54 Å². The predicted octanol–water partition coefficient (Wildman–Crippen LogP) is 6.52. The third-order valence-electron chi connectivity index (χ3n) is 5.13. The number of hydrogen-bond donors (Lipinski definition) is 0. The van der Waals surface area contributed by atoms with Crippen molar-refractivity contribution in [3.05, 3.63) is 0 Å². The van der Waals surface area contributed by atoms with Crippen LogP contribution in [0.15, 0.2) is 0 Å². The Labute approximate surface area is 128 Å². The van der Waals surface area contributed by atoms with Gasteiger partial charge in [-0.15, -0.1) is 33.2 Å². The molecule has 0 amide bonds. The van der Waals surface area contributed by atoms with Crippen molar-refractivity contribution in [3.63, 3.8) is 0 Å². The molecule has 1 rings (SSSR count). The topological polar surface area (TPSA) is 0 Å². The van der Waals surface area contributed by atoms with Crippen LogP contribution in [-0.4, -0.2) is 6.00 Å². The van der Waals surface area contributed by atoms with Gasteiger partial charge in [-0.3, -0.25) is 0 Å². The normalized spacial score (nSPS) is 33.2. The maximum absolute atomic E-state index is 6.47. The molecular weight excluding hydrogens is 303 g/mol. The second kappa shape index (κ2) is 7.20. The maximum atomic E-state index is 6.47. The summed E-state index contributed by atoms with van der Waals surface area (Å²) in [5, 5.41) is 0. The molecule has 0 radical (unpaired) electrons. The Bertz CT molecular complexity index is 234. The van der Waals surface area contributed by atoms with Gasteiger partial charge in [0.2, 0.25) is 0 Å². The van der Waals surface area contributed by atoms with E-state index < -0.39 is 6.00 Å². The van der Waals surface area contributed by atoms with E-state index in [9.17, 15) is 0 Å². The molecule has 0 spiro atoms. The van der Waals surface area contributed by atoms with Crippen LogP contribution in [0.3, 0.4) is 0 Å². The van der Waals surface area contributed by atoms with E-state index in [2.05, 4.69) is 27.7 Å². The van der Waals surface area contributed by atoms with Gasteiger partial charge in [0.1, 0.15) is 0 Å². The summed E-state index contributed by atoms with van der Waals surface area (Å²) in [6, 6.07) is -2.62.